The zero-order valence-corrected chi connectivity index (χ0v) is 13.3. The molecule has 0 radical (unpaired) electrons. The van der Waals surface area contributed by atoms with E-state index in [1.54, 1.807) is 0 Å². The van der Waals surface area contributed by atoms with Crippen molar-refractivity contribution in [1.29, 1.82) is 0 Å². The summed E-state index contributed by atoms with van der Waals surface area (Å²) in [6.45, 7) is 2.32. The van der Waals surface area contributed by atoms with E-state index in [1.807, 2.05) is 23.9 Å². The molecule has 2 fully saturated rings. The summed E-state index contributed by atoms with van der Waals surface area (Å²) in [5, 5.41) is 3.04. The fourth-order valence-electron chi connectivity index (χ4n) is 3.17. The molecule has 0 bridgehead atoms. The Morgan fingerprint density at radius 2 is 1.95 bits per heavy atom. The minimum absolute atomic E-state index is 0.163. The monoisotopic (exact) mass is 304 g/mol. The van der Waals surface area contributed by atoms with Crippen LogP contribution >= 0.6 is 11.8 Å². The zero-order valence-electron chi connectivity index (χ0n) is 12.5. The zero-order chi connectivity index (χ0) is 14.5. The van der Waals surface area contributed by atoms with Crippen molar-refractivity contribution in [2.24, 2.45) is 5.92 Å². The van der Waals surface area contributed by atoms with Crippen LogP contribution in [0.4, 0.5) is 11.4 Å². The van der Waals surface area contributed by atoms with Crippen molar-refractivity contribution >= 4 is 29.0 Å². The average molecular weight is 304 g/mol. The Kier molecular flexibility index (Phi) is 5.07. The molecular formula is C17H24N2OS. The van der Waals surface area contributed by atoms with Gasteiger partial charge in [0.2, 0.25) is 5.91 Å². The number of hydrogen-bond acceptors (Lipinski definition) is 3. The summed E-state index contributed by atoms with van der Waals surface area (Å²) < 4.78 is 0. The molecule has 21 heavy (non-hydrogen) atoms. The Labute approximate surface area is 131 Å². The van der Waals surface area contributed by atoms with E-state index in [-0.39, 0.29) is 5.91 Å². The summed E-state index contributed by atoms with van der Waals surface area (Å²) in [5.41, 5.74) is 2.19. The molecule has 2 aliphatic heterocycles. The number of nitrogens with one attached hydrogen (secondary N) is 1. The average Bonchev–Trinajstić information content (AvgIpc) is 3.03. The van der Waals surface area contributed by atoms with Crippen molar-refractivity contribution in [1.82, 2.24) is 0 Å². The second-order valence-electron chi connectivity index (χ2n) is 6.08. The number of nitrogens with zero attached hydrogens (tertiary/aromatic N) is 1. The molecule has 4 heteroatoms. The Balaban J connectivity index is 1.50. The number of anilines is 2. The van der Waals surface area contributed by atoms with E-state index in [1.165, 1.54) is 37.1 Å². The van der Waals surface area contributed by atoms with Crippen LogP contribution in [-0.2, 0) is 4.79 Å². The third kappa shape index (κ3) is 4.16. The minimum atomic E-state index is 0.163. The highest BCUT2D eigenvalue weighted by atomic mass is 32.2. The van der Waals surface area contributed by atoms with Gasteiger partial charge >= 0.3 is 0 Å². The topological polar surface area (TPSA) is 32.3 Å². The van der Waals surface area contributed by atoms with Gasteiger partial charge < -0.3 is 10.2 Å². The summed E-state index contributed by atoms with van der Waals surface area (Å²) in [5.74, 6) is 3.13. The molecule has 1 aromatic carbocycles. The van der Waals surface area contributed by atoms with Gasteiger partial charge in [-0.05, 0) is 67.4 Å². The molecule has 0 saturated carbocycles. The maximum Gasteiger partial charge on any atom is 0.224 e. The molecule has 3 nitrogen and oxygen atoms in total. The fourth-order valence-corrected chi connectivity index (χ4v) is 4.33. The molecule has 2 heterocycles. The number of rotatable bonds is 4. The highest BCUT2D eigenvalue weighted by molar-refractivity contribution is 7.99. The largest absolute Gasteiger partial charge is 0.372 e. The first-order chi connectivity index (χ1) is 10.3. The number of benzene rings is 1. The van der Waals surface area contributed by atoms with E-state index in [2.05, 4.69) is 22.3 Å². The normalized spacial score (nSPS) is 22.3. The molecule has 0 aromatic heterocycles. The first-order valence-corrected chi connectivity index (χ1v) is 9.19. The first-order valence-electron chi connectivity index (χ1n) is 8.04. The van der Waals surface area contributed by atoms with E-state index in [4.69, 9.17) is 0 Å². The third-order valence-electron chi connectivity index (χ3n) is 4.35. The van der Waals surface area contributed by atoms with Crippen LogP contribution in [0.3, 0.4) is 0 Å². The predicted molar refractivity (Wildman–Crippen MR) is 91.2 cm³/mol. The number of thioether (sulfide) groups is 1. The van der Waals surface area contributed by atoms with Crippen LogP contribution in [0.2, 0.25) is 0 Å². The second kappa shape index (κ2) is 7.21. The van der Waals surface area contributed by atoms with Gasteiger partial charge in [-0.15, -0.1) is 0 Å². The quantitative estimate of drug-likeness (QED) is 0.919. The Hall–Kier alpha value is -1.16. The lowest BCUT2D eigenvalue weighted by Gasteiger charge is -2.21. The number of carbonyl (C=O) groups is 1. The van der Waals surface area contributed by atoms with Crippen LogP contribution in [0.25, 0.3) is 0 Å². The van der Waals surface area contributed by atoms with Gasteiger partial charge in [0.15, 0.2) is 0 Å². The van der Waals surface area contributed by atoms with Crippen molar-refractivity contribution in [2.45, 2.75) is 32.1 Å². The summed E-state index contributed by atoms with van der Waals surface area (Å²) in [6, 6.07) is 8.30. The van der Waals surface area contributed by atoms with E-state index in [0.717, 1.165) is 24.5 Å². The van der Waals surface area contributed by atoms with E-state index in [0.29, 0.717) is 12.3 Å². The van der Waals surface area contributed by atoms with Gasteiger partial charge in [0, 0.05) is 30.9 Å². The summed E-state index contributed by atoms with van der Waals surface area (Å²) in [6.07, 6.45) is 5.71. The first kappa shape index (κ1) is 14.8. The molecule has 2 saturated heterocycles. The maximum absolute atomic E-state index is 12.1. The van der Waals surface area contributed by atoms with Crippen LogP contribution in [0, 0.1) is 5.92 Å². The van der Waals surface area contributed by atoms with Crippen molar-refractivity contribution in [3.63, 3.8) is 0 Å². The molecule has 3 rings (SSSR count). The molecule has 2 aliphatic rings. The number of carbonyl (C=O) groups excluding carboxylic acids is 1. The van der Waals surface area contributed by atoms with Gasteiger partial charge in [-0.2, -0.15) is 11.8 Å². The Morgan fingerprint density at radius 1 is 1.19 bits per heavy atom. The van der Waals surface area contributed by atoms with Crippen LogP contribution < -0.4 is 10.2 Å². The molecule has 0 aliphatic carbocycles. The van der Waals surface area contributed by atoms with Crippen LogP contribution in [-0.4, -0.2) is 30.5 Å². The highest BCUT2D eigenvalue weighted by Gasteiger charge is 2.17. The smallest absolute Gasteiger partial charge is 0.224 e. The van der Waals surface area contributed by atoms with E-state index >= 15 is 0 Å². The molecule has 1 aromatic rings. The highest BCUT2D eigenvalue weighted by Crippen LogP contribution is 2.26. The summed E-state index contributed by atoms with van der Waals surface area (Å²) in [7, 11) is 0. The molecule has 0 spiro atoms. The van der Waals surface area contributed by atoms with Crippen molar-refractivity contribution in [3.05, 3.63) is 24.3 Å². The van der Waals surface area contributed by atoms with Crippen molar-refractivity contribution in [3.8, 4) is 0 Å². The maximum atomic E-state index is 12.1. The molecule has 1 N–H and O–H groups in total. The van der Waals surface area contributed by atoms with Crippen molar-refractivity contribution < 1.29 is 4.79 Å². The second-order valence-corrected chi connectivity index (χ2v) is 7.23. The van der Waals surface area contributed by atoms with Crippen LogP contribution in [0.1, 0.15) is 32.1 Å². The van der Waals surface area contributed by atoms with E-state index in [9.17, 15) is 4.79 Å². The lowest BCUT2D eigenvalue weighted by Crippen LogP contribution is -2.20. The van der Waals surface area contributed by atoms with Gasteiger partial charge in [0.1, 0.15) is 0 Å². The number of hydrogen-bond donors (Lipinski definition) is 1. The number of amides is 1. The molecule has 1 atom stereocenters. The standard InChI is InChI=1S/C17H24N2OS/c20-17(12-14-4-3-11-21-13-14)18-15-5-7-16(8-6-15)19-9-1-2-10-19/h5-8,14H,1-4,9-13H2,(H,18,20). The third-order valence-corrected chi connectivity index (χ3v) is 5.64. The van der Waals surface area contributed by atoms with Gasteiger partial charge in [0.05, 0.1) is 0 Å². The Bertz CT molecular complexity index is 462. The minimum Gasteiger partial charge on any atom is -0.372 e. The van der Waals surface area contributed by atoms with Crippen LogP contribution in [0.15, 0.2) is 24.3 Å². The molecule has 1 amide bonds. The van der Waals surface area contributed by atoms with Gasteiger partial charge in [-0.25, -0.2) is 0 Å². The lowest BCUT2D eigenvalue weighted by molar-refractivity contribution is -0.117. The van der Waals surface area contributed by atoms with Crippen molar-refractivity contribution in [2.75, 3.05) is 34.8 Å². The molecular weight excluding hydrogens is 280 g/mol. The predicted octanol–water partition coefficient (Wildman–Crippen LogP) is 3.76. The summed E-state index contributed by atoms with van der Waals surface area (Å²) in [4.78, 5) is 14.5. The molecule has 114 valence electrons. The molecule has 1 unspecified atom stereocenters. The fraction of sp³-hybridized carbons (Fsp3) is 0.588. The lowest BCUT2D eigenvalue weighted by atomic mass is 10.0. The van der Waals surface area contributed by atoms with E-state index < -0.39 is 0 Å². The van der Waals surface area contributed by atoms with Crippen LogP contribution in [0.5, 0.6) is 0 Å². The van der Waals surface area contributed by atoms with Gasteiger partial charge in [-0.3, -0.25) is 4.79 Å². The summed E-state index contributed by atoms with van der Waals surface area (Å²) >= 11 is 1.98. The SMILES string of the molecule is O=C(CC1CCCSC1)Nc1ccc(N2CCCC2)cc1. The Morgan fingerprint density at radius 3 is 2.62 bits per heavy atom. The van der Waals surface area contributed by atoms with Gasteiger partial charge in [-0.1, -0.05) is 0 Å². The van der Waals surface area contributed by atoms with Gasteiger partial charge in [0.25, 0.3) is 0 Å².